The molecule has 0 bridgehead atoms. The standard InChI is InChI=1S/C16H20N8O5S2/c17-6-9(7-25)24-31(28,29)12-5-4-10(11-2-1-3-13(18)22-11)14(15(12)30(19,26)27)16-20-8-21-23-16/h1-5,9,24-25H,6-8,17H2,(H2,18,22)(H2,19,26,27)/t9-/m1/s1. The molecule has 8 N–H and O–H groups in total. The second-order valence-corrected chi connectivity index (χ2v) is 9.59. The van der Waals surface area contributed by atoms with Gasteiger partial charge in [0.05, 0.1) is 23.9 Å². The lowest BCUT2D eigenvalue weighted by atomic mass is 10.0. The molecule has 3 rings (SSSR count). The summed E-state index contributed by atoms with van der Waals surface area (Å²) in [5.74, 6) is 0.0283. The number of nitrogen functional groups attached to an aromatic ring is 1. The molecule has 0 aliphatic carbocycles. The number of anilines is 1. The van der Waals surface area contributed by atoms with E-state index in [9.17, 15) is 21.9 Å². The average Bonchev–Trinajstić information content (AvgIpc) is 3.25. The SMILES string of the molecule is NC[C@H](CO)NS(=O)(=O)c1ccc(-c2cccc(N)n2)c(C2=NCN=N2)c1S(N)(=O)=O. The molecule has 0 saturated heterocycles. The Morgan fingerprint density at radius 3 is 2.45 bits per heavy atom. The molecule has 0 amide bonds. The molecule has 0 fully saturated rings. The summed E-state index contributed by atoms with van der Waals surface area (Å²) >= 11 is 0. The minimum atomic E-state index is -4.63. The van der Waals surface area contributed by atoms with Crippen molar-refractivity contribution in [1.82, 2.24) is 9.71 Å². The molecule has 15 heteroatoms. The third-order valence-corrected chi connectivity index (χ3v) is 6.93. The van der Waals surface area contributed by atoms with Crippen LogP contribution in [-0.4, -0.2) is 58.6 Å². The Morgan fingerprint density at radius 2 is 1.90 bits per heavy atom. The summed E-state index contributed by atoms with van der Waals surface area (Å²) in [5, 5.41) is 22.3. The van der Waals surface area contributed by atoms with E-state index >= 15 is 0 Å². The molecular formula is C16H20N8O5S2. The van der Waals surface area contributed by atoms with Gasteiger partial charge in [0, 0.05) is 12.1 Å². The van der Waals surface area contributed by atoms with Crippen LogP contribution >= 0.6 is 0 Å². The molecule has 1 aromatic carbocycles. The zero-order valence-corrected chi connectivity index (χ0v) is 17.6. The second kappa shape index (κ2) is 8.74. The Balaban J connectivity index is 2.38. The topological polar surface area (TPSA) is 229 Å². The molecule has 1 atom stereocenters. The predicted octanol–water partition coefficient (Wildman–Crippen LogP) is -1.25. The molecule has 1 aliphatic rings. The van der Waals surface area contributed by atoms with Gasteiger partial charge in [0.2, 0.25) is 20.0 Å². The van der Waals surface area contributed by atoms with E-state index < -0.39 is 42.5 Å². The van der Waals surface area contributed by atoms with Gasteiger partial charge in [-0.05, 0) is 18.2 Å². The van der Waals surface area contributed by atoms with Gasteiger partial charge in [-0.25, -0.2) is 36.7 Å². The summed E-state index contributed by atoms with van der Waals surface area (Å²) in [6.07, 6.45) is 0. The number of aliphatic hydroxyl groups excluding tert-OH is 1. The normalized spacial score (nSPS) is 15.1. The van der Waals surface area contributed by atoms with Gasteiger partial charge < -0.3 is 16.6 Å². The Labute approximate surface area is 178 Å². The average molecular weight is 469 g/mol. The number of rotatable bonds is 8. The van der Waals surface area contributed by atoms with Crippen molar-refractivity contribution in [3.05, 3.63) is 35.9 Å². The first-order chi connectivity index (χ1) is 14.6. The number of sulfonamides is 2. The first-order valence-electron chi connectivity index (χ1n) is 8.76. The van der Waals surface area contributed by atoms with Gasteiger partial charge in [-0.1, -0.05) is 12.1 Å². The number of aromatic nitrogens is 1. The van der Waals surface area contributed by atoms with Crippen LogP contribution in [0, 0.1) is 0 Å². The summed E-state index contributed by atoms with van der Waals surface area (Å²) in [6, 6.07) is 6.03. The highest BCUT2D eigenvalue weighted by Gasteiger charge is 2.33. The van der Waals surface area contributed by atoms with Gasteiger partial charge in [0.1, 0.15) is 15.6 Å². The Kier molecular flexibility index (Phi) is 6.44. The van der Waals surface area contributed by atoms with Crippen LogP contribution in [0.3, 0.4) is 0 Å². The number of aliphatic hydroxyl groups is 1. The van der Waals surface area contributed by atoms with Crippen LogP contribution in [0.1, 0.15) is 5.56 Å². The Morgan fingerprint density at radius 1 is 1.16 bits per heavy atom. The summed E-state index contributed by atoms with van der Waals surface area (Å²) in [6.45, 7) is -0.892. The van der Waals surface area contributed by atoms with Crippen molar-refractivity contribution in [2.75, 3.05) is 25.6 Å². The van der Waals surface area contributed by atoms with Crippen molar-refractivity contribution in [3.8, 4) is 11.3 Å². The Bertz CT molecular complexity index is 1270. The lowest BCUT2D eigenvalue weighted by molar-refractivity contribution is 0.259. The minimum absolute atomic E-state index is 0.0713. The van der Waals surface area contributed by atoms with E-state index in [-0.39, 0.29) is 41.7 Å². The van der Waals surface area contributed by atoms with E-state index in [1.165, 1.54) is 12.1 Å². The van der Waals surface area contributed by atoms with E-state index in [4.69, 9.17) is 16.6 Å². The number of nitrogens with two attached hydrogens (primary N) is 3. The van der Waals surface area contributed by atoms with Gasteiger partial charge in [-0.3, -0.25) is 0 Å². The van der Waals surface area contributed by atoms with E-state index in [0.717, 1.165) is 6.07 Å². The fraction of sp³-hybridized carbons (Fsp3) is 0.250. The lowest BCUT2D eigenvalue weighted by Crippen LogP contribution is -2.43. The fourth-order valence-corrected chi connectivity index (χ4v) is 5.74. The molecule has 0 spiro atoms. The number of pyridine rings is 1. The first kappa shape index (κ1) is 22.9. The van der Waals surface area contributed by atoms with Gasteiger partial charge in [-0.15, -0.1) is 5.11 Å². The molecule has 0 unspecified atom stereocenters. The zero-order valence-electron chi connectivity index (χ0n) is 16.0. The van der Waals surface area contributed by atoms with Crippen molar-refractivity contribution in [2.24, 2.45) is 26.1 Å². The zero-order chi connectivity index (χ0) is 22.8. The quantitative estimate of drug-likeness (QED) is 0.313. The highest BCUT2D eigenvalue weighted by Crippen LogP contribution is 2.34. The monoisotopic (exact) mass is 468 g/mol. The van der Waals surface area contributed by atoms with Gasteiger partial charge in [-0.2, -0.15) is 5.11 Å². The van der Waals surface area contributed by atoms with Gasteiger partial charge in [0.15, 0.2) is 12.5 Å². The second-order valence-electron chi connectivity index (χ2n) is 6.41. The molecule has 0 saturated carbocycles. The molecule has 166 valence electrons. The third kappa shape index (κ3) is 4.76. The number of nitrogens with one attached hydrogen (secondary N) is 1. The summed E-state index contributed by atoms with van der Waals surface area (Å²) in [5.41, 5.74) is 11.4. The molecule has 31 heavy (non-hydrogen) atoms. The van der Waals surface area contributed by atoms with Gasteiger partial charge in [0.25, 0.3) is 0 Å². The molecule has 0 radical (unpaired) electrons. The number of aliphatic imine (C=N–C) groups is 1. The van der Waals surface area contributed by atoms with Crippen LogP contribution in [0.2, 0.25) is 0 Å². The van der Waals surface area contributed by atoms with E-state index in [1.54, 1.807) is 12.1 Å². The van der Waals surface area contributed by atoms with Crippen LogP contribution in [0.4, 0.5) is 5.82 Å². The van der Waals surface area contributed by atoms with Crippen LogP contribution in [0.15, 0.2) is 55.3 Å². The Hall–Kier alpha value is -2.82. The molecule has 2 aromatic rings. The predicted molar refractivity (Wildman–Crippen MR) is 112 cm³/mol. The number of azo groups is 1. The molecular weight excluding hydrogens is 448 g/mol. The van der Waals surface area contributed by atoms with Crippen LogP contribution in [0.5, 0.6) is 0 Å². The maximum Gasteiger partial charge on any atom is 0.242 e. The number of hydrogen-bond acceptors (Lipinski definition) is 11. The highest BCUT2D eigenvalue weighted by molar-refractivity contribution is 7.92. The maximum absolute atomic E-state index is 13.0. The fourth-order valence-electron chi connectivity index (χ4n) is 2.90. The number of primary sulfonamides is 1. The lowest BCUT2D eigenvalue weighted by Gasteiger charge is -2.19. The van der Waals surface area contributed by atoms with Crippen LogP contribution in [-0.2, 0) is 20.0 Å². The maximum atomic E-state index is 13.0. The molecule has 13 nitrogen and oxygen atoms in total. The summed E-state index contributed by atoms with van der Waals surface area (Å²) in [4.78, 5) is 6.80. The minimum Gasteiger partial charge on any atom is -0.395 e. The number of nitrogens with zero attached hydrogens (tertiary/aromatic N) is 4. The largest absolute Gasteiger partial charge is 0.395 e. The van der Waals surface area contributed by atoms with Crippen molar-refractivity contribution < 1.29 is 21.9 Å². The van der Waals surface area contributed by atoms with Crippen LogP contribution in [0.25, 0.3) is 11.3 Å². The van der Waals surface area contributed by atoms with Crippen LogP contribution < -0.4 is 21.3 Å². The number of hydrogen-bond donors (Lipinski definition) is 5. The summed E-state index contributed by atoms with van der Waals surface area (Å²) < 4.78 is 53.3. The highest BCUT2D eigenvalue weighted by atomic mass is 32.2. The van der Waals surface area contributed by atoms with E-state index in [2.05, 4.69) is 24.9 Å². The first-order valence-corrected chi connectivity index (χ1v) is 11.8. The van der Waals surface area contributed by atoms with Crippen molar-refractivity contribution in [2.45, 2.75) is 15.8 Å². The van der Waals surface area contributed by atoms with Crippen molar-refractivity contribution >= 4 is 31.7 Å². The van der Waals surface area contributed by atoms with Crippen molar-refractivity contribution in [3.63, 3.8) is 0 Å². The van der Waals surface area contributed by atoms with Gasteiger partial charge >= 0.3 is 0 Å². The smallest absolute Gasteiger partial charge is 0.242 e. The number of amidine groups is 1. The van der Waals surface area contributed by atoms with E-state index in [1.807, 2.05) is 0 Å². The molecule has 1 aromatic heterocycles. The summed E-state index contributed by atoms with van der Waals surface area (Å²) in [7, 11) is -9.11. The third-order valence-electron chi connectivity index (χ3n) is 4.24. The molecule has 1 aliphatic heterocycles. The molecule has 2 heterocycles. The van der Waals surface area contributed by atoms with E-state index in [0.29, 0.717) is 0 Å². The number of benzene rings is 1. The van der Waals surface area contributed by atoms with Crippen molar-refractivity contribution in [1.29, 1.82) is 0 Å².